The van der Waals surface area contributed by atoms with Crippen molar-refractivity contribution in [3.8, 4) is 11.3 Å². The number of nitro groups is 1. The first-order valence-corrected chi connectivity index (χ1v) is 6.85. The van der Waals surface area contributed by atoms with Crippen molar-refractivity contribution in [1.29, 1.82) is 0 Å². The zero-order valence-electron chi connectivity index (χ0n) is 11.7. The molecule has 112 valence electrons. The van der Waals surface area contributed by atoms with Gasteiger partial charge in [0.15, 0.2) is 5.58 Å². The van der Waals surface area contributed by atoms with Gasteiger partial charge in [0.05, 0.1) is 10.3 Å². The van der Waals surface area contributed by atoms with Crippen LogP contribution in [-0.2, 0) is 0 Å². The molecule has 2 aromatic carbocycles. The molecule has 0 saturated heterocycles. The van der Waals surface area contributed by atoms with Gasteiger partial charge in [0.2, 0.25) is 0 Å². The van der Waals surface area contributed by atoms with Crippen LogP contribution in [0.15, 0.2) is 59.1 Å². The molecule has 4 rings (SSSR count). The number of halogens is 1. The highest BCUT2D eigenvalue weighted by molar-refractivity contribution is 6.07. The minimum Gasteiger partial charge on any atom is -0.454 e. The van der Waals surface area contributed by atoms with E-state index in [1.54, 1.807) is 36.5 Å². The summed E-state index contributed by atoms with van der Waals surface area (Å²) < 4.78 is 18.9. The van der Waals surface area contributed by atoms with Crippen molar-refractivity contribution in [2.75, 3.05) is 0 Å². The van der Waals surface area contributed by atoms with E-state index in [9.17, 15) is 14.5 Å². The number of pyridine rings is 1. The molecule has 4 aromatic rings. The van der Waals surface area contributed by atoms with Gasteiger partial charge >= 0.3 is 0 Å². The molecule has 0 amide bonds. The smallest absolute Gasteiger partial charge is 0.279 e. The molecule has 2 aromatic heterocycles. The monoisotopic (exact) mass is 308 g/mol. The van der Waals surface area contributed by atoms with Gasteiger partial charge in [-0.3, -0.25) is 15.1 Å². The van der Waals surface area contributed by atoms with Crippen LogP contribution in [0.1, 0.15) is 0 Å². The van der Waals surface area contributed by atoms with Crippen molar-refractivity contribution in [3.63, 3.8) is 0 Å². The number of rotatable bonds is 2. The van der Waals surface area contributed by atoms with Crippen LogP contribution >= 0.6 is 0 Å². The summed E-state index contributed by atoms with van der Waals surface area (Å²) in [6, 6.07) is 12.3. The summed E-state index contributed by atoms with van der Waals surface area (Å²) in [5, 5.41) is 12.3. The maximum Gasteiger partial charge on any atom is 0.279 e. The Bertz CT molecular complexity index is 1050. The highest BCUT2D eigenvalue weighted by atomic mass is 19.1. The van der Waals surface area contributed by atoms with Gasteiger partial charge < -0.3 is 4.42 Å². The van der Waals surface area contributed by atoms with E-state index in [1.165, 1.54) is 18.2 Å². The van der Waals surface area contributed by atoms with E-state index in [4.69, 9.17) is 4.42 Å². The van der Waals surface area contributed by atoms with Gasteiger partial charge in [-0.1, -0.05) is 0 Å². The molecular weight excluding hydrogens is 299 g/mol. The Labute approximate surface area is 129 Å². The predicted octanol–water partition coefficient (Wildman–Crippen LogP) is 4.70. The van der Waals surface area contributed by atoms with E-state index >= 15 is 0 Å². The first-order valence-electron chi connectivity index (χ1n) is 6.85. The van der Waals surface area contributed by atoms with Gasteiger partial charge in [0.25, 0.3) is 5.69 Å². The second-order valence-electron chi connectivity index (χ2n) is 5.09. The number of benzene rings is 2. The van der Waals surface area contributed by atoms with Crippen LogP contribution < -0.4 is 0 Å². The van der Waals surface area contributed by atoms with Crippen molar-refractivity contribution in [2.24, 2.45) is 0 Å². The summed E-state index contributed by atoms with van der Waals surface area (Å²) in [7, 11) is 0. The molecule has 23 heavy (non-hydrogen) atoms. The Hall–Kier alpha value is -3.28. The van der Waals surface area contributed by atoms with Crippen LogP contribution in [0, 0.1) is 15.9 Å². The van der Waals surface area contributed by atoms with E-state index in [1.807, 2.05) is 0 Å². The molecular formula is C17H9FN2O3. The van der Waals surface area contributed by atoms with Crippen molar-refractivity contribution in [1.82, 2.24) is 4.98 Å². The van der Waals surface area contributed by atoms with Crippen molar-refractivity contribution in [3.05, 3.63) is 70.7 Å². The molecule has 6 heteroatoms. The number of hydrogen-bond donors (Lipinski definition) is 0. The normalized spacial score (nSPS) is 11.2. The number of nitrogens with zero attached hydrogens (tertiary/aromatic N) is 2. The summed E-state index contributed by atoms with van der Waals surface area (Å²) in [5.74, 6) is 0.167. The third-order valence-electron chi connectivity index (χ3n) is 3.68. The standard InChI is InChI=1S/C17H9FN2O3/c18-12-5-3-10(4-6-12)15-9-11-8-14(20(21)22)13-2-1-7-19-16(13)17(11)23-15/h1-9H. The van der Waals surface area contributed by atoms with Crippen molar-refractivity contribution >= 4 is 27.6 Å². The largest absolute Gasteiger partial charge is 0.454 e. The quantitative estimate of drug-likeness (QED) is 0.398. The Kier molecular flexibility index (Phi) is 2.84. The summed E-state index contributed by atoms with van der Waals surface area (Å²) >= 11 is 0. The molecule has 0 aliphatic carbocycles. The van der Waals surface area contributed by atoms with Gasteiger partial charge in [0, 0.05) is 23.2 Å². The van der Waals surface area contributed by atoms with E-state index in [2.05, 4.69) is 4.98 Å². The Morgan fingerprint density at radius 2 is 1.91 bits per heavy atom. The number of hydrogen-bond acceptors (Lipinski definition) is 4. The topological polar surface area (TPSA) is 69.2 Å². The second kappa shape index (κ2) is 4.88. The first kappa shape index (κ1) is 13.4. The average molecular weight is 308 g/mol. The average Bonchev–Trinajstić information content (AvgIpc) is 2.99. The van der Waals surface area contributed by atoms with Gasteiger partial charge in [0.1, 0.15) is 17.1 Å². The highest BCUT2D eigenvalue weighted by Gasteiger charge is 2.19. The van der Waals surface area contributed by atoms with Gasteiger partial charge in [-0.2, -0.15) is 0 Å². The molecule has 0 spiro atoms. The number of aromatic nitrogens is 1. The third kappa shape index (κ3) is 2.12. The van der Waals surface area contributed by atoms with Crippen LogP contribution in [-0.4, -0.2) is 9.91 Å². The molecule has 0 bridgehead atoms. The number of furan rings is 1. The molecule has 0 aliphatic rings. The van der Waals surface area contributed by atoms with Crippen LogP contribution in [0.2, 0.25) is 0 Å². The highest BCUT2D eigenvalue weighted by Crippen LogP contribution is 2.36. The molecule has 0 N–H and O–H groups in total. The van der Waals surface area contributed by atoms with Crippen LogP contribution in [0.25, 0.3) is 33.2 Å². The second-order valence-corrected chi connectivity index (χ2v) is 5.09. The number of non-ortho nitro benzene ring substituents is 1. The maximum atomic E-state index is 13.0. The fraction of sp³-hybridized carbons (Fsp3) is 0. The third-order valence-corrected chi connectivity index (χ3v) is 3.68. The van der Waals surface area contributed by atoms with E-state index in [0.717, 1.165) is 0 Å². The van der Waals surface area contributed by atoms with Crippen LogP contribution in [0.5, 0.6) is 0 Å². The van der Waals surface area contributed by atoms with E-state index < -0.39 is 4.92 Å². The molecule has 0 atom stereocenters. The predicted molar refractivity (Wildman–Crippen MR) is 83.6 cm³/mol. The number of nitro benzene ring substituents is 1. The summed E-state index contributed by atoms with van der Waals surface area (Å²) in [4.78, 5) is 15.1. The Balaban J connectivity index is 2.03. The van der Waals surface area contributed by atoms with Gasteiger partial charge in [-0.15, -0.1) is 0 Å². The summed E-state index contributed by atoms with van der Waals surface area (Å²) in [6.45, 7) is 0. The lowest BCUT2D eigenvalue weighted by atomic mass is 10.1. The molecule has 0 aliphatic heterocycles. The molecule has 0 unspecified atom stereocenters. The summed E-state index contributed by atoms with van der Waals surface area (Å²) in [6.07, 6.45) is 1.56. The fourth-order valence-corrected chi connectivity index (χ4v) is 2.62. The van der Waals surface area contributed by atoms with Crippen molar-refractivity contribution in [2.45, 2.75) is 0 Å². The van der Waals surface area contributed by atoms with Gasteiger partial charge in [-0.25, -0.2) is 4.39 Å². The first-order chi connectivity index (χ1) is 11.1. The zero-order chi connectivity index (χ0) is 16.0. The maximum absolute atomic E-state index is 13.0. The SMILES string of the molecule is O=[N+]([O-])c1cc2cc(-c3ccc(F)cc3)oc2c2ncccc12. The lowest BCUT2D eigenvalue weighted by Crippen LogP contribution is -1.90. The minimum atomic E-state index is -0.436. The lowest BCUT2D eigenvalue weighted by molar-refractivity contribution is -0.382. The Morgan fingerprint density at radius 1 is 1.13 bits per heavy atom. The number of fused-ring (bicyclic) bond motifs is 3. The molecule has 0 fully saturated rings. The molecule has 0 saturated carbocycles. The van der Waals surface area contributed by atoms with Crippen molar-refractivity contribution < 1.29 is 13.7 Å². The lowest BCUT2D eigenvalue weighted by Gasteiger charge is -1.99. The Morgan fingerprint density at radius 3 is 2.65 bits per heavy atom. The van der Waals surface area contributed by atoms with E-state index in [-0.39, 0.29) is 11.5 Å². The zero-order valence-corrected chi connectivity index (χ0v) is 11.7. The summed E-state index contributed by atoms with van der Waals surface area (Å²) in [5.41, 5.74) is 1.58. The van der Waals surface area contributed by atoms with Gasteiger partial charge in [-0.05, 0) is 42.5 Å². The minimum absolute atomic E-state index is 0.0212. The molecule has 0 radical (unpaired) electrons. The fourth-order valence-electron chi connectivity index (χ4n) is 2.62. The molecule has 2 heterocycles. The molecule has 5 nitrogen and oxygen atoms in total. The van der Waals surface area contributed by atoms with Crippen LogP contribution in [0.4, 0.5) is 10.1 Å². The van der Waals surface area contributed by atoms with E-state index in [0.29, 0.717) is 33.2 Å². The van der Waals surface area contributed by atoms with Crippen LogP contribution in [0.3, 0.4) is 0 Å².